The van der Waals surface area contributed by atoms with Gasteiger partial charge in [0.1, 0.15) is 23.3 Å². The third-order valence-electron chi connectivity index (χ3n) is 3.78. The van der Waals surface area contributed by atoms with Crippen LogP contribution in [0.25, 0.3) is 0 Å². The second-order valence-electron chi connectivity index (χ2n) is 6.19. The van der Waals surface area contributed by atoms with Crippen LogP contribution in [0, 0.1) is 12.7 Å². The second-order valence-corrected chi connectivity index (χ2v) is 6.19. The number of benzene rings is 2. The number of hydrogen-bond donors (Lipinski definition) is 2. The maximum atomic E-state index is 13.4. The Morgan fingerprint density at radius 2 is 1.60 bits per heavy atom. The molecule has 4 nitrogen and oxygen atoms in total. The van der Waals surface area contributed by atoms with Crippen LogP contribution in [0.2, 0.25) is 0 Å². The fraction of sp³-hybridized carbons (Fsp3) is 0.200. The van der Waals surface area contributed by atoms with E-state index in [1.807, 2.05) is 31.2 Å². The molecule has 128 valence electrons. The zero-order valence-electron chi connectivity index (χ0n) is 14.5. The fourth-order valence-electron chi connectivity index (χ4n) is 2.66. The van der Waals surface area contributed by atoms with Crippen molar-refractivity contribution >= 4 is 23.0 Å². The number of halogens is 1. The van der Waals surface area contributed by atoms with Crippen molar-refractivity contribution in [3.63, 3.8) is 0 Å². The minimum absolute atomic E-state index is 0.292. The van der Waals surface area contributed by atoms with E-state index in [4.69, 9.17) is 0 Å². The highest BCUT2D eigenvalue weighted by Gasteiger charge is 2.08. The molecule has 0 aliphatic rings. The molecule has 3 rings (SSSR count). The van der Waals surface area contributed by atoms with Gasteiger partial charge in [-0.2, -0.15) is 0 Å². The topological polar surface area (TPSA) is 49.8 Å². The molecule has 0 saturated carbocycles. The largest absolute Gasteiger partial charge is 0.340 e. The van der Waals surface area contributed by atoms with E-state index in [2.05, 4.69) is 40.5 Å². The molecule has 1 heterocycles. The fourth-order valence-corrected chi connectivity index (χ4v) is 2.66. The molecule has 25 heavy (non-hydrogen) atoms. The summed E-state index contributed by atoms with van der Waals surface area (Å²) in [6.45, 7) is 6.14. The van der Waals surface area contributed by atoms with Crippen molar-refractivity contribution < 1.29 is 4.39 Å². The minimum atomic E-state index is -0.292. The number of hydrogen-bond acceptors (Lipinski definition) is 4. The average Bonchev–Trinajstić information content (AvgIpc) is 2.54. The average molecular weight is 336 g/mol. The van der Waals surface area contributed by atoms with E-state index in [1.54, 1.807) is 12.1 Å². The number of nitrogens with one attached hydrogen (secondary N) is 2. The maximum absolute atomic E-state index is 13.4. The molecule has 0 spiro atoms. The first-order valence-corrected chi connectivity index (χ1v) is 8.25. The summed E-state index contributed by atoms with van der Waals surface area (Å²) < 4.78 is 13.4. The van der Waals surface area contributed by atoms with Crippen LogP contribution >= 0.6 is 0 Å². The van der Waals surface area contributed by atoms with E-state index in [0.29, 0.717) is 29.1 Å². The molecular weight excluding hydrogens is 315 g/mol. The predicted octanol–water partition coefficient (Wildman–Crippen LogP) is 5.53. The van der Waals surface area contributed by atoms with Crippen molar-refractivity contribution in [2.45, 2.75) is 26.7 Å². The number of nitrogens with zero attached hydrogens (tertiary/aromatic N) is 2. The van der Waals surface area contributed by atoms with Crippen molar-refractivity contribution in [2.75, 3.05) is 10.6 Å². The Kier molecular flexibility index (Phi) is 4.93. The summed E-state index contributed by atoms with van der Waals surface area (Å²) >= 11 is 0. The molecule has 5 heteroatoms. The molecule has 1 aromatic heterocycles. The molecule has 0 aliphatic heterocycles. The molecular formula is C20H21FN4. The molecule has 2 aromatic carbocycles. The highest BCUT2D eigenvalue weighted by Crippen LogP contribution is 2.27. The Bertz CT molecular complexity index is 877. The molecule has 2 N–H and O–H groups in total. The lowest BCUT2D eigenvalue weighted by Gasteiger charge is -2.15. The van der Waals surface area contributed by atoms with Gasteiger partial charge in [-0.05, 0) is 42.7 Å². The van der Waals surface area contributed by atoms with Gasteiger partial charge in [0.05, 0.1) is 0 Å². The Balaban J connectivity index is 1.87. The van der Waals surface area contributed by atoms with Gasteiger partial charge in [-0.3, -0.25) is 0 Å². The predicted molar refractivity (Wildman–Crippen MR) is 100 cm³/mol. The van der Waals surface area contributed by atoms with Crippen molar-refractivity contribution in [3.05, 3.63) is 71.8 Å². The number of rotatable bonds is 5. The van der Waals surface area contributed by atoms with Gasteiger partial charge in [-0.1, -0.05) is 38.1 Å². The Labute approximate surface area is 147 Å². The van der Waals surface area contributed by atoms with Gasteiger partial charge in [-0.15, -0.1) is 0 Å². The van der Waals surface area contributed by atoms with Crippen molar-refractivity contribution in [2.24, 2.45) is 0 Å². The molecule has 0 fully saturated rings. The van der Waals surface area contributed by atoms with Crippen LogP contribution < -0.4 is 10.6 Å². The van der Waals surface area contributed by atoms with Gasteiger partial charge >= 0.3 is 0 Å². The lowest BCUT2D eigenvalue weighted by molar-refractivity contribution is 0.628. The van der Waals surface area contributed by atoms with Crippen LogP contribution in [0.5, 0.6) is 0 Å². The van der Waals surface area contributed by atoms with Crippen molar-refractivity contribution in [1.82, 2.24) is 9.97 Å². The van der Waals surface area contributed by atoms with Crippen LogP contribution in [0.4, 0.5) is 27.4 Å². The number of anilines is 4. The quantitative estimate of drug-likeness (QED) is 0.643. The molecule has 0 bridgehead atoms. The first-order chi connectivity index (χ1) is 12.0. The summed E-state index contributed by atoms with van der Waals surface area (Å²) in [6, 6.07) is 16.3. The third kappa shape index (κ3) is 4.32. The van der Waals surface area contributed by atoms with Crippen LogP contribution in [0.1, 0.15) is 31.2 Å². The molecule has 0 atom stereocenters. The van der Waals surface area contributed by atoms with Crippen LogP contribution in [-0.4, -0.2) is 9.97 Å². The summed E-state index contributed by atoms with van der Waals surface area (Å²) in [5, 5.41) is 6.49. The van der Waals surface area contributed by atoms with E-state index in [0.717, 1.165) is 5.69 Å². The first kappa shape index (κ1) is 16.9. The summed E-state index contributed by atoms with van der Waals surface area (Å²) in [4.78, 5) is 8.83. The van der Waals surface area contributed by atoms with Gasteiger partial charge in [0.15, 0.2) is 0 Å². The monoisotopic (exact) mass is 336 g/mol. The van der Waals surface area contributed by atoms with E-state index < -0.39 is 0 Å². The SMILES string of the molecule is Cc1nc(Nc2cccc(F)c2)cc(Nc2ccccc2C(C)C)n1. The van der Waals surface area contributed by atoms with Gasteiger partial charge in [0.2, 0.25) is 0 Å². The highest BCUT2D eigenvalue weighted by atomic mass is 19.1. The minimum Gasteiger partial charge on any atom is -0.340 e. The molecule has 3 aromatic rings. The summed E-state index contributed by atoms with van der Waals surface area (Å²) in [5.74, 6) is 2.05. The molecule has 0 amide bonds. The lowest BCUT2D eigenvalue weighted by Crippen LogP contribution is -2.03. The zero-order chi connectivity index (χ0) is 17.8. The highest BCUT2D eigenvalue weighted by molar-refractivity contribution is 5.65. The van der Waals surface area contributed by atoms with E-state index in [9.17, 15) is 4.39 Å². The lowest BCUT2D eigenvalue weighted by atomic mass is 10.0. The van der Waals surface area contributed by atoms with E-state index in [1.165, 1.54) is 17.7 Å². The van der Waals surface area contributed by atoms with Crippen LogP contribution in [-0.2, 0) is 0 Å². The number of aromatic nitrogens is 2. The van der Waals surface area contributed by atoms with Gasteiger partial charge in [0, 0.05) is 17.4 Å². The number of aryl methyl sites for hydroxylation is 1. The maximum Gasteiger partial charge on any atom is 0.136 e. The zero-order valence-corrected chi connectivity index (χ0v) is 14.5. The van der Waals surface area contributed by atoms with Crippen molar-refractivity contribution in [1.29, 1.82) is 0 Å². The van der Waals surface area contributed by atoms with Gasteiger partial charge in [0.25, 0.3) is 0 Å². The Morgan fingerprint density at radius 1 is 0.880 bits per heavy atom. The summed E-state index contributed by atoms with van der Waals surface area (Å²) in [6.07, 6.45) is 0. The second kappa shape index (κ2) is 7.30. The molecule has 0 aliphatic carbocycles. The molecule has 0 saturated heterocycles. The number of para-hydroxylation sites is 1. The Hall–Kier alpha value is -2.95. The van der Waals surface area contributed by atoms with Crippen molar-refractivity contribution in [3.8, 4) is 0 Å². The third-order valence-corrected chi connectivity index (χ3v) is 3.78. The smallest absolute Gasteiger partial charge is 0.136 e. The normalized spacial score (nSPS) is 10.8. The molecule has 0 radical (unpaired) electrons. The Morgan fingerprint density at radius 3 is 2.32 bits per heavy atom. The van der Waals surface area contributed by atoms with Gasteiger partial charge < -0.3 is 10.6 Å². The van der Waals surface area contributed by atoms with Crippen LogP contribution in [0.15, 0.2) is 54.6 Å². The van der Waals surface area contributed by atoms with Crippen LogP contribution in [0.3, 0.4) is 0 Å². The first-order valence-electron chi connectivity index (χ1n) is 8.25. The van der Waals surface area contributed by atoms with E-state index in [-0.39, 0.29) is 5.82 Å². The van der Waals surface area contributed by atoms with E-state index >= 15 is 0 Å². The van der Waals surface area contributed by atoms with Gasteiger partial charge in [-0.25, -0.2) is 14.4 Å². The summed E-state index contributed by atoms with van der Waals surface area (Å²) in [5.41, 5.74) is 2.89. The summed E-state index contributed by atoms with van der Waals surface area (Å²) in [7, 11) is 0. The standard InChI is InChI=1S/C20H21FN4/c1-13(2)17-9-4-5-10-18(17)25-20-12-19(22-14(3)23-20)24-16-8-6-7-15(21)11-16/h4-13H,1-3H3,(H2,22,23,24,25). The molecule has 0 unspecified atom stereocenters.